The number of anilines is 1. The van der Waals surface area contributed by atoms with Crippen LogP contribution >= 0.6 is 24.0 Å². The van der Waals surface area contributed by atoms with Crippen LogP contribution in [0.2, 0.25) is 0 Å². The van der Waals surface area contributed by atoms with Crippen LogP contribution in [0.1, 0.15) is 11.1 Å². The van der Waals surface area contributed by atoms with Crippen LogP contribution in [0.25, 0.3) is 5.69 Å². The summed E-state index contributed by atoms with van der Waals surface area (Å²) in [5.41, 5.74) is 4.83. The topological polar surface area (TPSA) is 66.7 Å². The van der Waals surface area contributed by atoms with Crippen LogP contribution in [-0.2, 0) is 17.7 Å². The van der Waals surface area contributed by atoms with Crippen molar-refractivity contribution in [2.24, 2.45) is 4.99 Å². The van der Waals surface area contributed by atoms with Crippen molar-refractivity contribution in [3.63, 3.8) is 0 Å². The predicted octanol–water partition coefficient (Wildman–Crippen LogP) is 3.23. The largest absolute Gasteiger partial charge is 0.378 e. The van der Waals surface area contributed by atoms with E-state index in [-0.39, 0.29) is 24.0 Å². The molecule has 1 aromatic heterocycles. The van der Waals surface area contributed by atoms with Crippen molar-refractivity contribution in [3.8, 4) is 5.69 Å². The Morgan fingerprint density at radius 2 is 1.66 bits per heavy atom. The molecule has 0 aliphatic carbocycles. The Labute approximate surface area is 206 Å². The minimum Gasteiger partial charge on any atom is -0.378 e. The van der Waals surface area contributed by atoms with E-state index in [4.69, 9.17) is 4.74 Å². The second kappa shape index (κ2) is 12.4. The molecule has 2 aromatic carbocycles. The molecule has 0 bridgehead atoms. The normalized spacial score (nSPS) is 14.0. The third-order valence-electron chi connectivity index (χ3n) is 5.41. The third kappa shape index (κ3) is 6.70. The van der Waals surface area contributed by atoms with Gasteiger partial charge in [0.2, 0.25) is 0 Å². The molecule has 0 atom stereocenters. The second-order valence-corrected chi connectivity index (χ2v) is 7.49. The fourth-order valence-electron chi connectivity index (χ4n) is 3.61. The summed E-state index contributed by atoms with van der Waals surface area (Å²) in [4.78, 5) is 6.70. The van der Waals surface area contributed by atoms with E-state index in [1.54, 1.807) is 13.2 Å². The summed E-state index contributed by atoms with van der Waals surface area (Å²) in [6.45, 7) is 5.08. The zero-order valence-electron chi connectivity index (χ0n) is 18.4. The number of morpholine rings is 1. The standard InChI is InChI=1S/C24H30N6O.HI/c1-25-24(26-13-11-20-3-9-23(10-4-20)30-14-2-12-28-30)27-19-21-5-7-22(8-6-21)29-15-17-31-18-16-29;/h2-10,12,14H,11,13,15-19H2,1H3,(H2,25,26,27);1H. The van der Waals surface area contributed by atoms with Gasteiger partial charge in [0.1, 0.15) is 0 Å². The number of halogens is 1. The average Bonchev–Trinajstić information content (AvgIpc) is 3.38. The van der Waals surface area contributed by atoms with E-state index in [0.29, 0.717) is 0 Å². The first-order chi connectivity index (χ1) is 15.3. The molecule has 3 aromatic rings. The van der Waals surface area contributed by atoms with Gasteiger partial charge < -0.3 is 20.3 Å². The molecule has 0 amide bonds. The number of aliphatic imine (C=N–C) groups is 1. The number of guanidine groups is 1. The Morgan fingerprint density at radius 1 is 0.969 bits per heavy atom. The van der Waals surface area contributed by atoms with Crippen molar-refractivity contribution in [1.82, 2.24) is 20.4 Å². The van der Waals surface area contributed by atoms with Crippen LogP contribution in [0, 0.1) is 0 Å². The number of benzene rings is 2. The van der Waals surface area contributed by atoms with Crippen molar-refractivity contribution < 1.29 is 4.74 Å². The summed E-state index contributed by atoms with van der Waals surface area (Å²) in [6, 6.07) is 19.1. The lowest BCUT2D eigenvalue weighted by Crippen LogP contribution is -2.38. The molecule has 8 heteroatoms. The molecule has 1 saturated heterocycles. The molecule has 0 unspecified atom stereocenters. The monoisotopic (exact) mass is 546 g/mol. The van der Waals surface area contributed by atoms with Crippen LogP contribution in [0.5, 0.6) is 0 Å². The van der Waals surface area contributed by atoms with Gasteiger partial charge in [-0.1, -0.05) is 24.3 Å². The molecule has 2 N–H and O–H groups in total. The van der Waals surface area contributed by atoms with Crippen molar-refractivity contribution in [2.45, 2.75) is 13.0 Å². The molecule has 32 heavy (non-hydrogen) atoms. The first-order valence-electron chi connectivity index (χ1n) is 10.8. The first-order valence-corrected chi connectivity index (χ1v) is 10.8. The quantitative estimate of drug-likeness (QED) is 0.271. The maximum absolute atomic E-state index is 5.43. The Hall–Kier alpha value is -2.59. The zero-order valence-corrected chi connectivity index (χ0v) is 20.7. The zero-order chi connectivity index (χ0) is 21.3. The molecule has 4 rings (SSSR count). The van der Waals surface area contributed by atoms with Gasteiger partial charge in [0.15, 0.2) is 5.96 Å². The van der Waals surface area contributed by atoms with Crippen molar-refractivity contribution >= 4 is 35.6 Å². The number of rotatable bonds is 7. The van der Waals surface area contributed by atoms with Crippen LogP contribution in [0.4, 0.5) is 5.69 Å². The molecule has 1 aliphatic rings. The number of hydrogen-bond acceptors (Lipinski definition) is 4. The van der Waals surface area contributed by atoms with Crippen molar-refractivity contribution in [1.29, 1.82) is 0 Å². The van der Waals surface area contributed by atoms with E-state index in [1.165, 1.54) is 16.8 Å². The Bertz CT molecular complexity index is 951. The summed E-state index contributed by atoms with van der Waals surface area (Å²) in [5.74, 6) is 0.811. The van der Waals surface area contributed by atoms with Crippen LogP contribution in [0.3, 0.4) is 0 Å². The summed E-state index contributed by atoms with van der Waals surface area (Å²) in [6.07, 6.45) is 4.66. The fourth-order valence-corrected chi connectivity index (χ4v) is 3.61. The number of aromatic nitrogens is 2. The highest BCUT2D eigenvalue weighted by Gasteiger charge is 2.10. The highest BCUT2D eigenvalue weighted by Crippen LogP contribution is 2.16. The van der Waals surface area contributed by atoms with Gasteiger partial charge in [0.25, 0.3) is 0 Å². The van der Waals surface area contributed by atoms with E-state index in [0.717, 1.165) is 57.5 Å². The van der Waals surface area contributed by atoms with Gasteiger partial charge in [-0.25, -0.2) is 4.68 Å². The maximum atomic E-state index is 5.43. The third-order valence-corrected chi connectivity index (χ3v) is 5.41. The minimum atomic E-state index is 0. The molecular weight excluding hydrogens is 515 g/mol. The van der Waals surface area contributed by atoms with Gasteiger partial charge >= 0.3 is 0 Å². The lowest BCUT2D eigenvalue weighted by molar-refractivity contribution is 0.122. The molecular formula is C24H31IN6O. The maximum Gasteiger partial charge on any atom is 0.191 e. The molecule has 0 spiro atoms. The molecule has 7 nitrogen and oxygen atoms in total. The SMILES string of the molecule is CN=C(NCCc1ccc(-n2cccn2)cc1)NCc1ccc(N2CCOCC2)cc1.I. The van der Waals surface area contributed by atoms with Gasteiger partial charge in [0, 0.05) is 51.3 Å². The Balaban J connectivity index is 0.00000289. The summed E-state index contributed by atoms with van der Waals surface area (Å²) in [7, 11) is 1.80. The van der Waals surface area contributed by atoms with Crippen LogP contribution in [-0.4, -0.2) is 55.6 Å². The van der Waals surface area contributed by atoms with E-state index >= 15 is 0 Å². The number of ether oxygens (including phenoxy) is 1. The molecule has 170 valence electrons. The summed E-state index contributed by atoms with van der Waals surface area (Å²) < 4.78 is 7.29. The summed E-state index contributed by atoms with van der Waals surface area (Å²) in [5, 5.41) is 11.0. The smallest absolute Gasteiger partial charge is 0.191 e. The summed E-state index contributed by atoms with van der Waals surface area (Å²) >= 11 is 0. The Kier molecular flexibility index (Phi) is 9.36. The Morgan fingerprint density at radius 3 is 2.31 bits per heavy atom. The van der Waals surface area contributed by atoms with Crippen molar-refractivity contribution in [3.05, 3.63) is 78.1 Å². The van der Waals surface area contributed by atoms with E-state index in [2.05, 4.69) is 74.2 Å². The van der Waals surface area contributed by atoms with Gasteiger partial charge in [0.05, 0.1) is 18.9 Å². The van der Waals surface area contributed by atoms with E-state index < -0.39 is 0 Å². The minimum absolute atomic E-state index is 0. The van der Waals surface area contributed by atoms with Gasteiger partial charge in [-0.05, 0) is 47.9 Å². The lowest BCUT2D eigenvalue weighted by Gasteiger charge is -2.28. The van der Waals surface area contributed by atoms with Gasteiger partial charge in [-0.15, -0.1) is 24.0 Å². The molecule has 1 aliphatic heterocycles. The van der Waals surface area contributed by atoms with Crippen LogP contribution < -0.4 is 15.5 Å². The molecule has 1 fully saturated rings. The van der Waals surface area contributed by atoms with E-state index in [1.807, 2.05) is 16.9 Å². The number of hydrogen-bond donors (Lipinski definition) is 2. The van der Waals surface area contributed by atoms with E-state index in [9.17, 15) is 0 Å². The van der Waals surface area contributed by atoms with Gasteiger partial charge in [-0.2, -0.15) is 5.10 Å². The van der Waals surface area contributed by atoms with Crippen molar-refractivity contribution in [2.75, 3.05) is 44.8 Å². The number of nitrogens with one attached hydrogen (secondary N) is 2. The first kappa shape index (κ1) is 24.1. The predicted molar refractivity (Wildman–Crippen MR) is 140 cm³/mol. The average molecular weight is 546 g/mol. The molecule has 2 heterocycles. The van der Waals surface area contributed by atoms with Crippen LogP contribution in [0.15, 0.2) is 72.0 Å². The fraction of sp³-hybridized carbons (Fsp3) is 0.333. The molecule has 0 saturated carbocycles. The highest BCUT2D eigenvalue weighted by molar-refractivity contribution is 14.0. The second-order valence-electron chi connectivity index (χ2n) is 7.49. The highest BCUT2D eigenvalue weighted by atomic mass is 127. The van der Waals surface area contributed by atoms with Gasteiger partial charge in [-0.3, -0.25) is 4.99 Å². The lowest BCUT2D eigenvalue weighted by atomic mass is 10.1. The molecule has 0 radical (unpaired) electrons. The number of nitrogens with zero attached hydrogens (tertiary/aromatic N) is 4.